The molecule has 0 bridgehead atoms. The molecule has 1 aromatic rings. The molecule has 4 heteroatoms. The van der Waals surface area contributed by atoms with Crippen molar-refractivity contribution in [2.75, 3.05) is 13.2 Å². The van der Waals surface area contributed by atoms with Crippen LogP contribution in [0.2, 0.25) is 10.0 Å². The van der Waals surface area contributed by atoms with Crippen molar-refractivity contribution in [1.82, 2.24) is 5.32 Å². The molecule has 0 fully saturated rings. The number of benzene rings is 1. The Morgan fingerprint density at radius 3 is 2.79 bits per heavy atom. The fraction of sp³-hybridized carbons (Fsp3) is 0.400. The Balaban J connectivity index is 2.46. The normalized spacial score (nSPS) is 10.5. The molecule has 0 heterocycles. The maximum Gasteiger partial charge on any atom is 0.0906 e. The van der Waals surface area contributed by atoms with Gasteiger partial charge in [-0.25, -0.2) is 0 Å². The van der Waals surface area contributed by atoms with E-state index in [-0.39, 0.29) is 6.67 Å². The summed E-state index contributed by atoms with van der Waals surface area (Å²) >= 11 is 11.8. The monoisotopic (exact) mass is 235 g/mol. The number of halogens is 3. The van der Waals surface area contributed by atoms with E-state index in [4.69, 9.17) is 23.2 Å². The molecule has 1 rings (SSSR count). The molecule has 0 radical (unpaired) electrons. The summed E-state index contributed by atoms with van der Waals surface area (Å²) in [5, 5.41) is 4.21. The van der Waals surface area contributed by atoms with Crippen LogP contribution in [-0.2, 0) is 6.54 Å². The van der Waals surface area contributed by atoms with Crippen LogP contribution in [0, 0.1) is 0 Å². The summed E-state index contributed by atoms with van der Waals surface area (Å²) in [6.07, 6.45) is 0.526. The molecule has 1 aromatic carbocycles. The molecule has 0 aromatic heterocycles. The molecule has 0 unspecified atom stereocenters. The highest BCUT2D eigenvalue weighted by Gasteiger charge is 2.02. The fourth-order valence-corrected chi connectivity index (χ4v) is 1.49. The minimum atomic E-state index is -0.295. The lowest BCUT2D eigenvalue weighted by Gasteiger charge is -2.06. The predicted octanol–water partition coefficient (Wildman–Crippen LogP) is 3.44. The van der Waals surface area contributed by atoms with Crippen LogP contribution in [-0.4, -0.2) is 13.2 Å². The third-order valence-electron chi connectivity index (χ3n) is 1.83. The molecule has 78 valence electrons. The molecular formula is C10H12Cl2FN. The van der Waals surface area contributed by atoms with Crippen molar-refractivity contribution in [1.29, 1.82) is 0 Å². The summed E-state index contributed by atoms with van der Waals surface area (Å²) in [6, 6.07) is 5.49. The first-order chi connectivity index (χ1) is 6.75. The van der Waals surface area contributed by atoms with E-state index < -0.39 is 0 Å². The fourth-order valence-electron chi connectivity index (χ4n) is 1.10. The zero-order valence-corrected chi connectivity index (χ0v) is 9.21. The van der Waals surface area contributed by atoms with Crippen molar-refractivity contribution >= 4 is 23.2 Å². The Morgan fingerprint density at radius 2 is 2.07 bits per heavy atom. The first-order valence-corrected chi connectivity index (χ1v) is 5.21. The van der Waals surface area contributed by atoms with Crippen molar-refractivity contribution in [3.8, 4) is 0 Å². The number of hydrogen-bond acceptors (Lipinski definition) is 1. The number of nitrogens with one attached hydrogen (secondary N) is 1. The van der Waals surface area contributed by atoms with Crippen LogP contribution in [0.25, 0.3) is 0 Å². The van der Waals surface area contributed by atoms with Crippen LogP contribution in [0.4, 0.5) is 4.39 Å². The van der Waals surface area contributed by atoms with Gasteiger partial charge in [0.1, 0.15) is 0 Å². The second kappa shape index (κ2) is 6.23. The first kappa shape index (κ1) is 11.8. The second-order valence-electron chi connectivity index (χ2n) is 2.93. The molecule has 0 aliphatic rings. The molecule has 0 aliphatic carbocycles. The molecule has 14 heavy (non-hydrogen) atoms. The maximum absolute atomic E-state index is 11.8. The van der Waals surface area contributed by atoms with Crippen LogP contribution < -0.4 is 5.32 Å². The summed E-state index contributed by atoms with van der Waals surface area (Å²) in [4.78, 5) is 0. The molecule has 0 aliphatic heterocycles. The van der Waals surface area contributed by atoms with Crippen LogP contribution in [0.3, 0.4) is 0 Å². The van der Waals surface area contributed by atoms with Gasteiger partial charge in [0.05, 0.1) is 16.7 Å². The van der Waals surface area contributed by atoms with Gasteiger partial charge in [0, 0.05) is 6.54 Å². The van der Waals surface area contributed by atoms with E-state index in [9.17, 15) is 4.39 Å². The van der Waals surface area contributed by atoms with Gasteiger partial charge >= 0.3 is 0 Å². The van der Waals surface area contributed by atoms with Crippen molar-refractivity contribution in [2.45, 2.75) is 13.0 Å². The molecule has 0 saturated heterocycles. The van der Waals surface area contributed by atoms with E-state index in [1.54, 1.807) is 6.07 Å². The van der Waals surface area contributed by atoms with Gasteiger partial charge in [0.15, 0.2) is 0 Å². The Hall–Kier alpha value is -0.310. The average Bonchev–Trinajstić information content (AvgIpc) is 2.19. The molecule has 0 atom stereocenters. The number of alkyl halides is 1. The minimum absolute atomic E-state index is 0.295. The maximum atomic E-state index is 11.8. The van der Waals surface area contributed by atoms with E-state index in [1.165, 1.54) is 0 Å². The predicted molar refractivity (Wildman–Crippen MR) is 58.8 cm³/mol. The van der Waals surface area contributed by atoms with E-state index >= 15 is 0 Å². The average molecular weight is 236 g/mol. The van der Waals surface area contributed by atoms with Gasteiger partial charge in [-0.15, -0.1) is 0 Å². The molecule has 0 spiro atoms. The van der Waals surface area contributed by atoms with E-state index in [0.29, 0.717) is 29.6 Å². The standard InChI is InChI=1S/C10H12Cl2FN/c11-9-4-1-3-8(10(9)12)7-14-6-2-5-13/h1,3-4,14H,2,5-7H2. The number of hydrogen-bond donors (Lipinski definition) is 1. The number of rotatable bonds is 5. The summed E-state index contributed by atoms with van der Waals surface area (Å²) in [5.41, 5.74) is 0.943. The summed E-state index contributed by atoms with van der Waals surface area (Å²) in [7, 11) is 0. The Bertz CT molecular complexity index is 291. The van der Waals surface area contributed by atoms with Gasteiger partial charge in [0.25, 0.3) is 0 Å². The topological polar surface area (TPSA) is 12.0 Å². The highest BCUT2D eigenvalue weighted by Crippen LogP contribution is 2.25. The molecule has 1 N–H and O–H groups in total. The zero-order chi connectivity index (χ0) is 10.4. The zero-order valence-electron chi connectivity index (χ0n) is 7.69. The lowest BCUT2D eigenvalue weighted by molar-refractivity contribution is 0.459. The molecular weight excluding hydrogens is 224 g/mol. The Labute approximate surface area is 93.2 Å². The summed E-state index contributed by atoms with van der Waals surface area (Å²) < 4.78 is 11.8. The van der Waals surface area contributed by atoms with E-state index in [0.717, 1.165) is 5.56 Å². The van der Waals surface area contributed by atoms with Gasteiger partial charge in [-0.1, -0.05) is 35.3 Å². The van der Waals surface area contributed by atoms with Crippen LogP contribution >= 0.6 is 23.2 Å². The highest BCUT2D eigenvalue weighted by atomic mass is 35.5. The lowest BCUT2D eigenvalue weighted by atomic mass is 10.2. The second-order valence-corrected chi connectivity index (χ2v) is 3.72. The van der Waals surface area contributed by atoms with Gasteiger partial charge in [-0.05, 0) is 24.6 Å². The summed E-state index contributed by atoms with van der Waals surface area (Å²) in [5.74, 6) is 0. The van der Waals surface area contributed by atoms with Crippen molar-refractivity contribution in [2.24, 2.45) is 0 Å². The van der Waals surface area contributed by atoms with Crippen molar-refractivity contribution in [3.05, 3.63) is 33.8 Å². The summed E-state index contributed by atoms with van der Waals surface area (Å²) in [6.45, 7) is 0.981. The van der Waals surface area contributed by atoms with Gasteiger partial charge < -0.3 is 5.32 Å². The SMILES string of the molecule is FCCCNCc1cccc(Cl)c1Cl. The minimum Gasteiger partial charge on any atom is -0.313 e. The van der Waals surface area contributed by atoms with Crippen molar-refractivity contribution in [3.63, 3.8) is 0 Å². The van der Waals surface area contributed by atoms with Gasteiger partial charge in [0.2, 0.25) is 0 Å². The first-order valence-electron chi connectivity index (χ1n) is 4.45. The molecule has 1 nitrogen and oxygen atoms in total. The third-order valence-corrected chi connectivity index (χ3v) is 2.69. The van der Waals surface area contributed by atoms with Crippen LogP contribution in [0.1, 0.15) is 12.0 Å². The quantitative estimate of drug-likeness (QED) is 0.772. The Morgan fingerprint density at radius 1 is 1.29 bits per heavy atom. The van der Waals surface area contributed by atoms with E-state index in [1.807, 2.05) is 12.1 Å². The Kier molecular flexibility index (Phi) is 5.23. The van der Waals surface area contributed by atoms with Crippen LogP contribution in [0.15, 0.2) is 18.2 Å². The smallest absolute Gasteiger partial charge is 0.0906 e. The lowest BCUT2D eigenvalue weighted by Crippen LogP contribution is -2.15. The third kappa shape index (κ3) is 3.45. The largest absolute Gasteiger partial charge is 0.313 e. The highest BCUT2D eigenvalue weighted by molar-refractivity contribution is 6.42. The van der Waals surface area contributed by atoms with Gasteiger partial charge in [-0.2, -0.15) is 0 Å². The molecule has 0 saturated carbocycles. The van der Waals surface area contributed by atoms with E-state index in [2.05, 4.69) is 5.32 Å². The molecule has 0 amide bonds. The van der Waals surface area contributed by atoms with Crippen molar-refractivity contribution < 1.29 is 4.39 Å². The van der Waals surface area contributed by atoms with Crippen LogP contribution in [0.5, 0.6) is 0 Å². The van der Waals surface area contributed by atoms with Gasteiger partial charge in [-0.3, -0.25) is 4.39 Å².